The van der Waals surface area contributed by atoms with Crippen LogP contribution >= 0.6 is 11.3 Å². The average Bonchev–Trinajstić information content (AvgIpc) is 3.05. The first-order valence-corrected chi connectivity index (χ1v) is 8.49. The molecule has 1 fully saturated rings. The van der Waals surface area contributed by atoms with Gasteiger partial charge in [0.15, 0.2) is 5.82 Å². The first-order chi connectivity index (χ1) is 11.0. The second-order valence-corrected chi connectivity index (χ2v) is 7.49. The van der Waals surface area contributed by atoms with Crippen LogP contribution in [-0.4, -0.2) is 53.5 Å². The summed E-state index contributed by atoms with van der Waals surface area (Å²) in [5.74, 6) is 1.40. The summed E-state index contributed by atoms with van der Waals surface area (Å²) in [5.41, 5.74) is 0.0495. The largest absolute Gasteiger partial charge is 0.480 e. The van der Waals surface area contributed by atoms with E-state index >= 15 is 0 Å². The monoisotopic (exact) mass is 334 g/mol. The fraction of sp³-hybridized carbons (Fsp3) is 0.600. The Kier molecular flexibility index (Phi) is 4.34. The predicted octanol–water partition coefficient (Wildman–Crippen LogP) is 1.96. The quantitative estimate of drug-likeness (QED) is 0.850. The summed E-state index contributed by atoms with van der Waals surface area (Å²) >= 11 is 1.69. The smallest absolute Gasteiger partial charge is 0.233 e. The zero-order chi connectivity index (χ0) is 16.4. The zero-order valence-corrected chi connectivity index (χ0v) is 14.8. The third-order valence-corrected chi connectivity index (χ3v) is 5.15. The average molecular weight is 334 g/mol. The summed E-state index contributed by atoms with van der Waals surface area (Å²) in [4.78, 5) is 13.1. The van der Waals surface area contributed by atoms with E-state index < -0.39 is 0 Å². The van der Waals surface area contributed by atoms with Gasteiger partial charge in [-0.25, -0.2) is 0 Å². The van der Waals surface area contributed by atoms with E-state index in [2.05, 4.69) is 50.7 Å². The summed E-state index contributed by atoms with van der Waals surface area (Å²) < 4.78 is 5.14. The van der Waals surface area contributed by atoms with Gasteiger partial charge in [-0.2, -0.15) is 4.98 Å². The van der Waals surface area contributed by atoms with E-state index in [1.54, 1.807) is 30.8 Å². The molecule has 2 aromatic heterocycles. The maximum atomic E-state index is 5.14. The Labute approximate surface area is 140 Å². The number of nitrogens with zero attached hydrogens (tertiary/aromatic N) is 6. The number of rotatable bonds is 3. The number of ether oxygens (including phenoxy) is 1. The molecule has 3 rings (SSSR count). The van der Waals surface area contributed by atoms with Crippen molar-refractivity contribution in [1.29, 1.82) is 0 Å². The number of hydrogen-bond acceptors (Lipinski definition) is 8. The third kappa shape index (κ3) is 3.52. The minimum atomic E-state index is 0.0495. The molecule has 0 aromatic carbocycles. The molecule has 0 N–H and O–H groups in total. The van der Waals surface area contributed by atoms with Crippen LogP contribution in [0.1, 0.15) is 25.8 Å². The van der Waals surface area contributed by atoms with Crippen LogP contribution in [0.3, 0.4) is 0 Å². The van der Waals surface area contributed by atoms with Crippen molar-refractivity contribution >= 4 is 22.3 Å². The van der Waals surface area contributed by atoms with E-state index in [4.69, 9.17) is 4.74 Å². The van der Waals surface area contributed by atoms with Gasteiger partial charge in [0.25, 0.3) is 0 Å². The van der Waals surface area contributed by atoms with Gasteiger partial charge in [-0.3, -0.25) is 4.98 Å². The molecule has 3 heterocycles. The van der Waals surface area contributed by atoms with Crippen molar-refractivity contribution in [3.05, 3.63) is 17.4 Å². The summed E-state index contributed by atoms with van der Waals surface area (Å²) in [6, 6.07) is 0. The Morgan fingerprint density at radius 3 is 2.35 bits per heavy atom. The molecule has 2 aromatic rings. The molecule has 0 atom stereocenters. The molecule has 0 radical (unpaired) electrons. The van der Waals surface area contributed by atoms with Gasteiger partial charge < -0.3 is 14.5 Å². The van der Waals surface area contributed by atoms with E-state index in [-0.39, 0.29) is 5.41 Å². The number of piperazine rings is 1. The first-order valence-electron chi connectivity index (χ1n) is 7.67. The van der Waals surface area contributed by atoms with Gasteiger partial charge in [-0.05, 0) is 0 Å². The highest BCUT2D eigenvalue weighted by Gasteiger charge is 2.24. The van der Waals surface area contributed by atoms with Crippen LogP contribution in [0.4, 0.5) is 10.9 Å². The molecule has 0 unspecified atom stereocenters. The molecule has 8 heteroatoms. The third-order valence-electron chi connectivity index (χ3n) is 3.74. The number of aromatic nitrogens is 4. The van der Waals surface area contributed by atoms with Crippen molar-refractivity contribution in [3.63, 3.8) is 0 Å². The van der Waals surface area contributed by atoms with E-state index in [0.717, 1.165) is 42.1 Å². The highest BCUT2D eigenvalue weighted by molar-refractivity contribution is 7.15. The second-order valence-electron chi connectivity index (χ2n) is 6.53. The molecule has 7 nitrogen and oxygen atoms in total. The van der Waals surface area contributed by atoms with Gasteiger partial charge in [0, 0.05) is 31.6 Å². The Hall–Kier alpha value is -1.96. The molecule has 23 heavy (non-hydrogen) atoms. The first kappa shape index (κ1) is 15.9. The summed E-state index contributed by atoms with van der Waals surface area (Å²) in [7, 11) is 1.61. The lowest BCUT2D eigenvalue weighted by atomic mass is 9.98. The van der Waals surface area contributed by atoms with Crippen LogP contribution in [0.25, 0.3) is 0 Å². The van der Waals surface area contributed by atoms with E-state index in [9.17, 15) is 0 Å². The van der Waals surface area contributed by atoms with Crippen LogP contribution in [0.15, 0.2) is 12.4 Å². The lowest BCUT2D eigenvalue weighted by Crippen LogP contribution is -2.46. The SMILES string of the molecule is COc1cncc(N2CCN(c3nnc(C(C)(C)C)s3)CC2)n1. The molecule has 0 bridgehead atoms. The van der Waals surface area contributed by atoms with E-state index in [1.807, 2.05) is 0 Å². The Balaban J connectivity index is 1.65. The number of methoxy groups -OCH3 is 1. The van der Waals surface area contributed by atoms with Crippen LogP contribution < -0.4 is 14.5 Å². The van der Waals surface area contributed by atoms with Crippen LogP contribution in [-0.2, 0) is 5.41 Å². The van der Waals surface area contributed by atoms with Gasteiger partial charge in [-0.15, -0.1) is 10.2 Å². The molecule has 0 spiro atoms. The Morgan fingerprint density at radius 2 is 1.74 bits per heavy atom. The van der Waals surface area contributed by atoms with Gasteiger partial charge in [0.2, 0.25) is 11.0 Å². The molecule has 0 amide bonds. The molecule has 1 aliphatic rings. The van der Waals surface area contributed by atoms with Gasteiger partial charge in [0.1, 0.15) is 5.01 Å². The van der Waals surface area contributed by atoms with Gasteiger partial charge in [0.05, 0.1) is 19.5 Å². The lowest BCUT2D eigenvalue weighted by Gasteiger charge is -2.34. The van der Waals surface area contributed by atoms with E-state index in [0.29, 0.717) is 5.88 Å². The summed E-state index contributed by atoms with van der Waals surface area (Å²) in [5, 5.41) is 10.8. The van der Waals surface area contributed by atoms with Crippen molar-refractivity contribution in [3.8, 4) is 5.88 Å². The standard InChI is InChI=1S/C15H22N6OS/c1-15(2,3)13-18-19-14(23-13)21-7-5-20(6-8-21)11-9-16-10-12(17-11)22-4/h9-10H,5-8H2,1-4H3. The topological polar surface area (TPSA) is 67.3 Å². The number of anilines is 2. The van der Waals surface area contributed by atoms with Gasteiger partial charge in [-0.1, -0.05) is 32.1 Å². The van der Waals surface area contributed by atoms with Gasteiger partial charge >= 0.3 is 0 Å². The van der Waals surface area contributed by atoms with Crippen LogP contribution in [0.5, 0.6) is 5.88 Å². The maximum Gasteiger partial charge on any atom is 0.233 e. The molecular weight excluding hydrogens is 312 g/mol. The van der Waals surface area contributed by atoms with Crippen molar-refractivity contribution < 1.29 is 4.74 Å². The summed E-state index contributed by atoms with van der Waals surface area (Å²) in [6.45, 7) is 10.1. The van der Waals surface area contributed by atoms with Crippen molar-refractivity contribution in [2.75, 3.05) is 43.1 Å². The fourth-order valence-electron chi connectivity index (χ4n) is 2.36. The van der Waals surface area contributed by atoms with Crippen molar-refractivity contribution in [2.24, 2.45) is 0 Å². The number of hydrogen-bond donors (Lipinski definition) is 0. The van der Waals surface area contributed by atoms with Crippen molar-refractivity contribution in [2.45, 2.75) is 26.2 Å². The van der Waals surface area contributed by atoms with Crippen LogP contribution in [0.2, 0.25) is 0 Å². The van der Waals surface area contributed by atoms with Crippen molar-refractivity contribution in [1.82, 2.24) is 20.2 Å². The maximum absolute atomic E-state index is 5.14. The minimum Gasteiger partial charge on any atom is -0.480 e. The molecule has 1 aliphatic heterocycles. The molecule has 124 valence electrons. The Morgan fingerprint density at radius 1 is 1.04 bits per heavy atom. The van der Waals surface area contributed by atoms with Crippen LogP contribution in [0, 0.1) is 0 Å². The highest BCUT2D eigenvalue weighted by atomic mass is 32.1. The highest BCUT2D eigenvalue weighted by Crippen LogP contribution is 2.30. The zero-order valence-electron chi connectivity index (χ0n) is 14.0. The second kappa shape index (κ2) is 6.27. The Bertz CT molecular complexity index is 660. The lowest BCUT2D eigenvalue weighted by molar-refractivity contribution is 0.395. The molecular formula is C15H22N6OS. The minimum absolute atomic E-state index is 0.0495. The van der Waals surface area contributed by atoms with E-state index in [1.165, 1.54) is 0 Å². The normalized spacial score (nSPS) is 15.8. The fourth-order valence-corrected chi connectivity index (χ4v) is 3.32. The summed E-state index contributed by atoms with van der Waals surface area (Å²) in [6.07, 6.45) is 3.40. The molecule has 1 saturated heterocycles. The molecule has 0 saturated carbocycles. The molecule has 0 aliphatic carbocycles. The predicted molar refractivity (Wildman–Crippen MR) is 91.6 cm³/mol.